The van der Waals surface area contributed by atoms with E-state index in [1.165, 1.54) is 0 Å². The summed E-state index contributed by atoms with van der Waals surface area (Å²) < 4.78 is 10.4. The van der Waals surface area contributed by atoms with Gasteiger partial charge in [0.05, 0.1) is 25.2 Å². The second-order valence-corrected chi connectivity index (χ2v) is 4.74. The predicted octanol–water partition coefficient (Wildman–Crippen LogP) is 1.15. The number of hydrogen-bond donors (Lipinski definition) is 3. The minimum atomic E-state index is -0.421. The van der Waals surface area contributed by atoms with Crippen LogP contribution in [0.15, 0.2) is 24.3 Å². The summed E-state index contributed by atoms with van der Waals surface area (Å²) >= 11 is 4.96. The number of thiocarbonyl (C=S) groups is 1. The van der Waals surface area contributed by atoms with E-state index >= 15 is 0 Å². The minimum Gasteiger partial charge on any atom is -0.493 e. The quantitative estimate of drug-likeness (QED) is 0.392. The molecule has 1 aromatic carbocycles. The van der Waals surface area contributed by atoms with Crippen molar-refractivity contribution in [2.75, 3.05) is 19.8 Å². The molecule has 0 atom stereocenters. The normalized spacial score (nSPS) is 9.83. The molecule has 0 saturated carbocycles. The van der Waals surface area contributed by atoms with Crippen molar-refractivity contribution in [1.82, 2.24) is 16.2 Å². The molecule has 0 aliphatic carbocycles. The lowest BCUT2D eigenvalue weighted by molar-refractivity contribution is -0.122. The molecule has 8 heteroatoms. The molecule has 0 aromatic heterocycles. The van der Waals surface area contributed by atoms with Gasteiger partial charge in [-0.25, -0.2) is 0 Å². The summed E-state index contributed by atoms with van der Waals surface area (Å²) in [7, 11) is 0. The number of para-hydroxylation sites is 1. The van der Waals surface area contributed by atoms with Gasteiger partial charge in [-0.15, -0.1) is 0 Å². The number of carbonyl (C=O) groups excluding carboxylic acids is 2. The first kappa shape index (κ1) is 18.9. The van der Waals surface area contributed by atoms with Crippen molar-refractivity contribution in [3.05, 3.63) is 29.8 Å². The van der Waals surface area contributed by atoms with Crippen molar-refractivity contribution >= 4 is 29.1 Å². The number of hydrazine groups is 1. The lowest BCUT2D eigenvalue weighted by atomic mass is 10.2. The number of hydrogen-bond acceptors (Lipinski definition) is 5. The van der Waals surface area contributed by atoms with Gasteiger partial charge in [0.15, 0.2) is 5.11 Å². The maximum absolute atomic E-state index is 12.2. The van der Waals surface area contributed by atoms with Gasteiger partial charge in [-0.3, -0.25) is 25.8 Å². The molecule has 0 aliphatic heterocycles. The van der Waals surface area contributed by atoms with Gasteiger partial charge in [0.2, 0.25) is 5.91 Å². The van der Waals surface area contributed by atoms with Crippen molar-refractivity contribution in [3.8, 4) is 5.75 Å². The molecule has 0 heterocycles. The zero-order valence-electron chi connectivity index (χ0n) is 13.2. The molecule has 1 aromatic rings. The molecule has 0 aliphatic rings. The minimum absolute atomic E-state index is 0.00828. The summed E-state index contributed by atoms with van der Waals surface area (Å²) in [5, 5.41) is 2.46. The Morgan fingerprint density at radius 3 is 2.57 bits per heavy atom. The molecule has 1 rings (SSSR count). The third-order valence-electron chi connectivity index (χ3n) is 2.65. The van der Waals surface area contributed by atoms with Crippen molar-refractivity contribution in [2.45, 2.75) is 20.3 Å². The van der Waals surface area contributed by atoms with Gasteiger partial charge in [0.1, 0.15) is 5.75 Å². The van der Waals surface area contributed by atoms with Crippen LogP contribution in [0, 0.1) is 0 Å². The Balaban J connectivity index is 2.45. The van der Waals surface area contributed by atoms with Gasteiger partial charge in [0.25, 0.3) is 5.91 Å². The van der Waals surface area contributed by atoms with E-state index in [1.807, 2.05) is 13.8 Å². The summed E-state index contributed by atoms with van der Waals surface area (Å²) in [6.07, 6.45) is 0.199. The highest BCUT2D eigenvalue weighted by Crippen LogP contribution is 2.17. The Morgan fingerprint density at radius 1 is 1.13 bits per heavy atom. The fourth-order valence-corrected chi connectivity index (χ4v) is 1.78. The summed E-state index contributed by atoms with van der Waals surface area (Å²) in [6, 6.07) is 6.83. The van der Waals surface area contributed by atoms with Crippen LogP contribution in [0.3, 0.4) is 0 Å². The molecule has 126 valence electrons. The van der Waals surface area contributed by atoms with Crippen molar-refractivity contribution < 1.29 is 19.1 Å². The van der Waals surface area contributed by atoms with Gasteiger partial charge >= 0.3 is 0 Å². The van der Waals surface area contributed by atoms with Gasteiger partial charge < -0.3 is 9.47 Å². The second-order valence-electron chi connectivity index (χ2n) is 4.33. The Hall–Kier alpha value is -2.19. The lowest BCUT2D eigenvalue weighted by Crippen LogP contribution is -2.48. The van der Waals surface area contributed by atoms with Gasteiger partial charge in [-0.05, 0) is 38.2 Å². The van der Waals surface area contributed by atoms with Gasteiger partial charge in [-0.1, -0.05) is 12.1 Å². The first-order valence-electron chi connectivity index (χ1n) is 7.28. The summed E-state index contributed by atoms with van der Waals surface area (Å²) in [5.74, 6) is -0.240. The maximum atomic E-state index is 12.2. The van der Waals surface area contributed by atoms with Crippen LogP contribution < -0.4 is 20.9 Å². The largest absolute Gasteiger partial charge is 0.493 e. The number of rotatable bonds is 7. The van der Waals surface area contributed by atoms with Gasteiger partial charge in [0, 0.05) is 6.61 Å². The highest BCUT2D eigenvalue weighted by molar-refractivity contribution is 7.80. The number of carbonyl (C=O) groups is 2. The van der Waals surface area contributed by atoms with Crippen LogP contribution in [0.2, 0.25) is 0 Å². The Kier molecular flexibility index (Phi) is 8.63. The molecule has 0 bridgehead atoms. The second kappa shape index (κ2) is 10.5. The van der Waals surface area contributed by atoms with Crippen LogP contribution >= 0.6 is 12.2 Å². The van der Waals surface area contributed by atoms with E-state index in [-0.39, 0.29) is 17.4 Å². The van der Waals surface area contributed by atoms with E-state index in [2.05, 4.69) is 16.2 Å². The third-order valence-corrected chi connectivity index (χ3v) is 2.86. The van der Waals surface area contributed by atoms with Crippen LogP contribution in [-0.2, 0) is 9.53 Å². The Bertz CT molecular complexity index is 551. The van der Waals surface area contributed by atoms with E-state index in [1.54, 1.807) is 24.3 Å². The predicted molar refractivity (Wildman–Crippen MR) is 90.1 cm³/mol. The van der Waals surface area contributed by atoms with Crippen molar-refractivity contribution in [2.24, 2.45) is 0 Å². The average Bonchev–Trinajstić information content (AvgIpc) is 2.54. The molecule has 23 heavy (non-hydrogen) atoms. The first-order chi connectivity index (χ1) is 11.1. The fourth-order valence-electron chi connectivity index (χ4n) is 1.64. The van der Waals surface area contributed by atoms with E-state index in [0.717, 1.165) is 0 Å². The van der Waals surface area contributed by atoms with Crippen LogP contribution in [0.1, 0.15) is 30.6 Å². The number of nitrogens with one attached hydrogen (secondary N) is 3. The monoisotopic (exact) mass is 339 g/mol. The van der Waals surface area contributed by atoms with Crippen LogP contribution in [0.5, 0.6) is 5.75 Å². The molecule has 2 amide bonds. The molecule has 3 N–H and O–H groups in total. The summed E-state index contributed by atoms with van der Waals surface area (Å²) in [6.45, 7) is 5.00. The zero-order chi connectivity index (χ0) is 17.1. The van der Waals surface area contributed by atoms with E-state index in [0.29, 0.717) is 31.1 Å². The molecule has 0 fully saturated rings. The zero-order valence-corrected chi connectivity index (χ0v) is 14.0. The Labute approximate surface area is 140 Å². The number of ether oxygens (including phenoxy) is 2. The topological polar surface area (TPSA) is 88.7 Å². The lowest BCUT2D eigenvalue weighted by Gasteiger charge is -2.12. The summed E-state index contributed by atoms with van der Waals surface area (Å²) in [4.78, 5) is 23.6. The number of amides is 2. The van der Waals surface area contributed by atoms with E-state index in [4.69, 9.17) is 21.7 Å². The smallest absolute Gasteiger partial charge is 0.261 e. The first-order valence-corrected chi connectivity index (χ1v) is 7.69. The van der Waals surface area contributed by atoms with Crippen molar-refractivity contribution in [1.29, 1.82) is 0 Å². The maximum Gasteiger partial charge on any atom is 0.261 e. The standard InChI is InChI=1S/C15H21N3O4S/c1-3-21-10-9-13(19)17-18-15(23)16-14(20)11-7-5-6-8-12(11)22-4-2/h5-8H,3-4,9-10H2,1-2H3,(H,17,19)(H2,16,18,20,23). The highest BCUT2D eigenvalue weighted by atomic mass is 32.1. The van der Waals surface area contributed by atoms with Crippen LogP contribution in [-0.4, -0.2) is 36.7 Å². The average molecular weight is 339 g/mol. The van der Waals surface area contributed by atoms with Crippen LogP contribution in [0.25, 0.3) is 0 Å². The van der Waals surface area contributed by atoms with Crippen LogP contribution in [0.4, 0.5) is 0 Å². The summed E-state index contributed by atoms with van der Waals surface area (Å²) in [5.41, 5.74) is 5.21. The molecular formula is C15H21N3O4S. The molecule has 7 nitrogen and oxygen atoms in total. The molecular weight excluding hydrogens is 318 g/mol. The van der Waals surface area contributed by atoms with Crippen molar-refractivity contribution in [3.63, 3.8) is 0 Å². The SMILES string of the molecule is CCOCCC(=O)NNC(=S)NC(=O)c1ccccc1OCC. The highest BCUT2D eigenvalue weighted by Gasteiger charge is 2.13. The molecule has 0 radical (unpaired) electrons. The number of benzene rings is 1. The third kappa shape index (κ3) is 7.07. The fraction of sp³-hybridized carbons (Fsp3) is 0.400. The van der Waals surface area contributed by atoms with E-state index in [9.17, 15) is 9.59 Å². The molecule has 0 saturated heterocycles. The van der Waals surface area contributed by atoms with E-state index < -0.39 is 5.91 Å². The molecule has 0 unspecified atom stereocenters. The Morgan fingerprint density at radius 2 is 1.87 bits per heavy atom. The molecule has 0 spiro atoms. The van der Waals surface area contributed by atoms with Gasteiger partial charge in [-0.2, -0.15) is 0 Å².